The Morgan fingerprint density at radius 2 is 2.00 bits per heavy atom. The minimum atomic E-state index is -4.35. The monoisotopic (exact) mass is 286 g/mol. The third-order valence-electron chi connectivity index (χ3n) is 2.60. The smallest absolute Gasteiger partial charge is 0.398 e. The zero-order chi connectivity index (χ0) is 15.2. The number of benzene rings is 1. The predicted molar refractivity (Wildman–Crippen MR) is 71.9 cm³/mol. The molecule has 0 aliphatic rings. The van der Waals surface area contributed by atoms with Crippen LogP contribution in [0.2, 0.25) is 0 Å². The summed E-state index contributed by atoms with van der Waals surface area (Å²) in [7, 11) is 0. The molecule has 110 valence electrons. The van der Waals surface area contributed by atoms with Crippen LogP contribution < -0.4 is 11.5 Å². The maximum Gasteiger partial charge on any atom is 0.418 e. The van der Waals surface area contributed by atoms with E-state index in [0.717, 1.165) is 18.2 Å². The minimum absolute atomic E-state index is 0.190. The summed E-state index contributed by atoms with van der Waals surface area (Å²) in [6.45, 7) is 2.23. The quantitative estimate of drug-likeness (QED) is 0.742. The molecule has 0 aliphatic carbocycles. The van der Waals surface area contributed by atoms with Gasteiger partial charge in [-0.1, -0.05) is 12.1 Å². The van der Waals surface area contributed by atoms with Crippen molar-refractivity contribution in [2.45, 2.75) is 19.5 Å². The highest BCUT2D eigenvalue weighted by atomic mass is 19.4. The van der Waals surface area contributed by atoms with Gasteiger partial charge < -0.3 is 16.5 Å². The number of halogens is 3. The first-order valence-corrected chi connectivity index (χ1v) is 5.96. The molecule has 0 atom stereocenters. The number of rotatable bonds is 2. The molecule has 0 fully saturated rings. The normalized spacial score (nSPS) is 10.8. The summed E-state index contributed by atoms with van der Waals surface area (Å²) in [6.07, 6.45) is -0.0199. The minimum Gasteiger partial charge on any atom is -0.398 e. The van der Waals surface area contributed by atoms with Crippen LogP contribution in [-0.4, -0.2) is 16.5 Å². The Morgan fingerprint density at radius 3 is 2.45 bits per heavy atom. The number of nitrogens with zero attached hydrogens (tertiary/aromatic N) is 1. The summed E-state index contributed by atoms with van der Waals surface area (Å²) in [5.41, 5.74) is 11.1. The molecule has 2 aromatic rings. The van der Waals surface area contributed by atoms with E-state index >= 15 is 0 Å². The number of aromatic amines is 1. The summed E-state index contributed by atoms with van der Waals surface area (Å²) in [4.78, 5) is 6.78. The number of nitrogens with one attached hydrogen (secondary N) is 1. The molecule has 1 heterocycles. The number of aromatic nitrogens is 2. The molecule has 0 bridgehead atoms. The lowest BCUT2D eigenvalue weighted by atomic mass is 10.1. The molecule has 0 radical (unpaired) electrons. The van der Waals surface area contributed by atoms with Gasteiger partial charge in [0, 0.05) is 24.0 Å². The van der Waals surface area contributed by atoms with Crippen LogP contribution >= 0.6 is 0 Å². The molecule has 0 spiro atoms. The molecule has 2 rings (SSSR count). The molecule has 20 heavy (non-hydrogen) atoms. The number of anilines is 1. The number of nitrogens with two attached hydrogens (primary N) is 2. The summed E-state index contributed by atoms with van der Waals surface area (Å²) in [5, 5.41) is 0. The first-order chi connectivity index (χ1) is 9.36. The van der Waals surface area contributed by atoms with Crippen molar-refractivity contribution < 1.29 is 13.2 Å². The van der Waals surface area contributed by atoms with Crippen molar-refractivity contribution in [2.75, 3.05) is 12.3 Å². The molecule has 0 saturated heterocycles. The Bertz CT molecular complexity index is 521. The average molecular weight is 286 g/mol. The number of para-hydroxylation sites is 1. The van der Waals surface area contributed by atoms with Crippen molar-refractivity contribution in [3.8, 4) is 0 Å². The second-order valence-electron chi connectivity index (χ2n) is 4.15. The summed E-state index contributed by atoms with van der Waals surface area (Å²) in [5.74, 6) is 0. The highest BCUT2D eigenvalue weighted by Gasteiger charge is 2.32. The second kappa shape index (κ2) is 6.95. The van der Waals surface area contributed by atoms with Gasteiger partial charge >= 0.3 is 6.18 Å². The Balaban J connectivity index is 0.000000217. The van der Waals surface area contributed by atoms with E-state index in [2.05, 4.69) is 9.97 Å². The standard InChI is InChI=1S/C8H8F3N.C5H9N3/c1-5-3-2-4-6(7(5)12)8(9,10)11;6-2-1-5-3-7-4-8-5/h2-4H,12H2,1H3;3-4H,1-2,6H2,(H,7,8). The van der Waals surface area contributed by atoms with Crippen molar-refractivity contribution in [3.05, 3.63) is 47.5 Å². The summed E-state index contributed by atoms with van der Waals surface area (Å²) >= 11 is 0. The molecule has 0 unspecified atom stereocenters. The van der Waals surface area contributed by atoms with E-state index in [1.54, 1.807) is 25.5 Å². The highest BCUT2D eigenvalue weighted by Crippen LogP contribution is 2.34. The third kappa shape index (κ3) is 4.58. The van der Waals surface area contributed by atoms with Crippen LogP contribution in [0.1, 0.15) is 16.8 Å². The lowest BCUT2D eigenvalue weighted by molar-refractivity contribution is -0.136. The van der Waals surface area contributed by atoms with Crippen LogP contribution in [0.3, 0.4) is 0 Å². The topological polar surface area (TPSA) is 80.7 Å². The van der Waals surface area contributed by atoms with Crippen LogP contribution in [0.5, 0.6) is 0 Å². The first kappa shape index (κ1) is 16.0. The van der Waals surface area contributed by atoms with Gasteiger partial charge in [0.15, 0.2) is 0 Å². The molecule has 5 N–H and O–H groups in total. The van der Waals surface area contributed by atoms with Crippen molar-refractivity contribution >= 4 is 5.69 Å². The van der Waals surface area contributed by atoms with E-state index in [1.807, 2.05) is 0 Å². The van der Waals surface area contributed by atoms with E-state index in [9.17, 15) is 13.2 Å². The van der Waals surface area contributed by atoms with Crippen LogP contribution in [0, 0.1) is 6.92 Å². The second-order valence-corrected chi connectivity index (χ2v) is 4.15. The fraction of sp³-hybridized carbons (Fsp3) is 0.308. The average Bonchev–Trinajstić information content (AvgIpc) is 2.85. The fourth-order valence-electron chi connectivity index (χ4n) is 1.50. The van der Waals surface area contributed by atoms with Crippen molar-refractivity contribution in [3.63, 3.8) is 0 Å². The van der Waals surface area contributed by atoms with Gasteiger partial charge in [-0.25, -0.2) is 4.98 Å². The SMILES string of the molecule is Cc1cccc(C(F)(F)F)c1N.NCCc1cnc[nH]1. The molecule has 0 aliphatic heterocycles. The molecule has 1 aromatic heterocycles. The molecular weight excluding hydrogens is 269 g/mol. The van der Waals surface area contributed by atoms with E-state index < -0.39 is 11.7 Å². The Hall–Kier alpha value is -2.02. The van der Waals surface area contributed by atoms with Gasteiger partial charge in [0.05, 0.1) is 11.9 Å². The van der Waals surface area contributed by atoms with Gasteiger partial charge in [0.25, 0.3) is 0 Å². The number of nitrogen functional groups attached to an aromatic ring is 1. The zero-order valence-corrected chi connectivity index (χ0v) is 11.0. The van der Waals surface area contributed by atoms with E-state index in [1.165, 1.54) is 6.07 Å². The fourth-order valence-corrected chi connectivity index (χ4v) is 1.50. The number of hydrogen-bond acceptors (Lipinski definition) is 3. The van der Waals surface area contributed by atoms with Gasteiger partial charge in [0.1, 0.15) is 0 Å². The summed E-state index contributed by atoms with van der Waals surface area (Å²) in [6, 6.07) is 3.86. The van der Waals surface area contributed by atoms with Gasteiger partial charge in [-0.15, -0.1) is 0 Å². The molecule has 1 aromatic carbocycles. The van der Waals surface area contributed by atoms with E-state index in [-0.39, 0.29) is 5.69 Å². The van der Waals surface area contributed by atoms with Gasteiger partial charge in [-0.05, 0) is 25.1 Å². The molecule has 7 heteroatoms. The maximum absolute atomic E-state index is 12.1. The third-order valence-corrected chi connectivity index (χ3v) is 2.60. The predicted octanol–water partition coefficient (Wildman–Crippen LogP) is 2.51. The number of aryl methyl sites for hydroxylation is 1. The van der Waals surface area contributed by atoms with Crippen LogP contribution in [-0.2, 0) is 12.6 Å². The van der Waals surface area contributed by atoms with Gasteiger partial charge in [-0.2, -0.15) is 13.2 Å². The Labute approximate surface area is 115 Å². The number of alkyl halides is 3. The Morgan fingerprint density at radius 1 is 1.30 bits per heavy atom. The van der Waals surface area contributed by atoms with Gasteiger partial charge in [-0.3, -0.25) is 0 Å². The van der Waals surface area contributed by atoms with Crippen LogP contribution in [0.4, 0.5) is 18.9 Å². The lowest BCUT2D eigenvalue weighted by Gasteiger charge is -2.10. The van der Waals surface area contributed by atoms with Crippen LogP contribution in [0.15, 0.2) is 30.7 Å². The van der Waals surface area contributed by atoms with E-state index in [0.29, 0.717) is 12.1 Å². The first-order valence-electron chi connectivity index (χ1n) is 5.96. The largest absolute Gasteiger partial charge is 0.418 e. The highest BCUT2D eigenvalue weighted by molar-refractivity contribution is 5.54. The molecule has 0 amide bonds. The maximum atomic E-state index is 12.1. The van der Waals surface area contributed by atoms with Gasteiger partial charge in [0.2, 0.25) is 0 Å². The van der Waals surface area contributed by atoms with Crippen molar-refractivity contribution in [2.24, 2.45) is 5.73 Å². The molecule has 4 nitrogen and oxygen atoms in total. The number of hydrogen-bond donors (Lipinski definition) is 3. The Kier molecular flexibility index (Phi) is 5.57. The molecule has 0 saturated carbocycles. The number of H-pyrrole nitrogens is 1. The van der Waals surface area contributed by atoms with Crippen molar-refractivity contribution in [1.82, 2.24) is 9.97 Å². The zero-order valence-electron chi connectivity index (χ0n) is 11.0. The summed E-state index contributed by atoms with van der Waals surface area (Å²) < 4.78 is 36.4. The van der Waals surface area contributed by atoms with Crippen LogP contribution in [0.25, 0.3) is 0 Å². The van der Waals surface area contributed by atoms with Crippen molar-refractivity contribution in [1.29, 1.82) is 0 Å². The lowest BCUT2D eigenvalue weighted by Crippen LogP contribution is -2.09. The van der Waals surface area contributed by atoms with E-state index in [4.69, 9.17) is 11.5 Å². The molecular formula is C13H17F3N4. The number of imidazole rings is 1.